The minimum atomic E-state index is -4.59. The van der Waals surface area contributed by atoms with E-state index in [1.165, 1.54) is 24.5 Å². The van der Waals surface area contributed by atoms with Gasteiger partial charge in [0.1, 0.15) is 23.7 Å². The number of nitrogens with zero attached hydrogens (tertiary/aromatic N) is 4. The van der Waals surface area contributed by atoms with Gasteiger partial charge >= 0.3 is 6.18 Å². The fourth-order valence-corrected chi connectivity index (χ4v) is 5.28. The molecule has 13 heteroatoms. The zero-order valence-electron chi connectivity index (χ0n) is 21.1. The van der Waals surface area contributed by atoms with Gasteiger partial charge in [-0.2, -0.15) is 13.2 Å². The molecule has 2 bridgehead atoms. The lowest BCUT2D eigenvalue weighted by Crippen LogP contribution is -2.47. The van der Waals surface area contributed by atoms with Crippen molar-refractivity contribution in [3.63, 3.8) is 0 Å². The summed E-state index contributed by atoms with van der Waals surface area (Å²) in [5.74, 6) is 0.0304. The molecular weight excluding hydrogens is 525 g/mol. The number of hydrogen-bond acceptors (Lipinski definition) is 8. The topological polar surface area (TPSA) is 150 Å². The number of likely N-dealkylation sites (tertiary alicyclic amines) is 1. The Bertz CT molecular complexity index is 1490. The predicted octanol–water partition coefficient (Wildman–Crippen LogP) is 3.73. The molecule has 3 aromatic rings. The van der Waals surface area contributed by atoms with Gasteiger partial charge in [-0.3, -0.25) is 15.0 Å². The standard InChI is InChI=1S/C27H25F3N8O2/c1-2-21(39)38-12-14-8-18(19(38)9-14)37-25-22(24(32)34-13-35-25)23(31)15-4-3-5-16(10-15)26(40)36-17-6-7-20(33-11-17)27(28,29)30/h2-7,10-11,13-14,18-19,31H,1,8-9,12H2,(H,36,40)(H3,32,34,35,37). The van der Waals surface area contributed by atoms with Crippen LogP contribution in [-0.4, -0.2) is 56.0 Å². The van der Waals surface area contributed by atoms with Gasteiger partial charge in [0, 0.05) is 23.7 Å². The highest BCUT2D eigenvalue weighted by molar-refractivity contribution is 6.17. The van der Waals surface area contributed by atoms with Crippen molar-refractivity contribution in [2.45, 2.75) is 31.1 Å². The minimum absolute atomic E-state index is 0.0337. The largest absolute Gasteiger partial charge is 0.433 e. The number of benzene rings is 1. The summed E-state index contributed by atoms with van der Waals surface area (Å²) in [5, 5.41) is 14.7. The number of carbonyl (C=O) groups excluding carboxylic acids is 2. The molecule has 1 aliphatic carbocycles. The number of rotatable bonds is 7. The first kappa shape index (κ1) is 26.8. The maximum Gasteiger partial charge on any atom is 0.433 e. The molecule has 2 aromatic heterocycles. The number of amides is 2. The van der Waals surface area contributed by atoms with Crippen LogP contribution in [0.1, 0.15) is 40.0 Å². The van der Waals surface area contributed by atoms with Crippen LogP contribution in [0, 0.1) is 11.3 Å². The summed E-state index contributed by atoms with van der Waals surface area (Å²) >= 11 is 0. The van der Waals surface area contributed by atoms with Gasteiger partial charge in [-0.15, -0.1) is 0 Å². The summed E-state index contributed by atoms with van der Waals surface area (Å²) in [6, 6.07) is 7.92. The van der Waals surface area contributed by atoms with Gasteiger partial charge in [-0.25, -0.2) is 15.0 Å². The Morgan fingerprint density at radius 1 is 1.12 bits per heavy atom. The van der Waals surface area contributed by atoms with Crippen molar-refractivity contribution in [2.75, 3.05) is 22.9 Å². The molecule has 10 nitrogen and oxygen atoms in total. The number of piperidine rings is 1. The fraction of sp³-hybridized carbons (Fsp3) is 0.259. The van der Waals surface area contributed by atoms with Crippen molar-refractivity contribution in [2.24, 2.45) is 5.92 Å². The smallest absolute Gasteiger partial charge is 0.383 e. The molecule has 3 unspecified atom stereocenters. The maximum atomic E-state index is 12.8. The van der Waals surface area contributed by atoms with E-state index in [-0.39, 0.29) is 46.3 Å². The number of anilines is 3. The molecular formula is C27H25F3N8O2. The Balaban J connectivity index is 1.35. The number of nitrogens with one attached hydrogen (secondary N) is 3. The zero-order chi connectivity index (χ0) is 28.6. The van der Waals surface area contributed by atoms with Crippen molar-refractivity contribution in [3.8, 4) is 0 Å². The second kappa shape index (κ2) is 10.4. The summed E-state index contributed by atoms with van der Waals surface area (Å²) < 4.78 is 38.3. The zero-order valence-corrected chi connectivity index (χ0v) is 21.1. The molecule has 2 amide bonds. The number of carbonyl (C=O) groups is 2. The molecule has 3 atom stereocenters. The third-order valence-electron chi connectivity index (χ3n) is 7.11. The minimum Gasteiger partial charge on any atom is -0.383 e. The highest BCUT2D eigenvalue weighted by Gasteiger charge is 2.46. The molecule has 5 N–H and O–H groups in total. The van der Waals surface area contributed by atoms with Crippen molar-refractivity contribution < 1.29 is 22.8 Å². The summed E-state index contributed by atoms with van der Waals surface area (Å²) in [6.45, 7) is 4.27. The quantitative estimate of drug-likeness (QED) is 0.259. The van der Waals surface area contributed by atoms with Crippen molar-refractivity contribution in [1.29, 1.82) is 5.41 Å². The van der Waals surface area contributed by atoms with Crippen LogP contribution >= 0.6 is 0 Å². The first-order valence-corrected chi connectivity index (χ1v) is 12.4. The van der Waals surface area contributed by atoms with Gasteiger partial charge in [0.2, 0.25) is 5.91 Å². The Hall–Kier alpha value is -4.81. The molecule has 2 fully saturated rings. The van der Waals surface area contributed by atoms with Crippen LogP contribution in [0.25, 0.3) is 0 Å². The average Bonchev–Trinajstić information content (AvgIpc) is 3.53. The third-order valence-corrected chi connectivity index (χ3v) is 7.11. The van der Waals surface area contributed by atoms with E-state index in [1.807, 2.05) is 0 Å². The molecule has 1 saturated heterocycles. The van der Waals surface area contributed by atoms with Crippen LogP contribution in [0.5, 0.6) is 0 Å². The van der Waals surface area contributed by atoms with Crippen LogP contribution in [0.15, 0.2) is 61.6 Å². The summed E-state index contributed by atoms with van der Waals surface area (Å²) in [6.07, 6.45) is 0.613. The highest BCUT2D eigenvalue weighted by Crippen LogP contribution is 2.40. The molecule has 0 radical (unpaired) electrons. The lowest BCUT2D eigenvalue weighted by atomic mass is 9.99. The number of alkyl halides is 3. The number of nitrogens with two attached hydrogens (primary N) is 1. The molecule has 0 spiro atoms. The molecule has 5 rings (SSSR count). The number of hydrogen-bond donors (Lipinski definition) is 4. The SMILES string of the molecule is C=CC(=O)N1CC2CC(Nc3ncnc(N)c3C(=N)c3cccc(C(=O)Nc4ccc(C(F)(F)F)nc4)c3)C1C2. The molecule has 1 aliphatic heterocycles. The van der Waals surface area contributed by atoms with Crippen LogP contribution in [-0.2, 0) is 11.0 Å². The summed E-state index contributed by atoms with van der Waals surface area (Å²) in [7, 11) is 0. The predicted molar refractivity (Wildman–Crippen MR) is 142 cm³/mol. The number of halogens is 3. The molecule has 40 heavy (non-hydrogen) atoms. The Morgan fingerprint density at radius 3 is 2.58 bits per heavy atom. The van der Waals surface area contributed by atoms with Gasteiger partial charge in [0.05, 0.1) is 29.2 Å². The van der Waals surface area contributed by atoms with Gasteiger partial charge in [-0.05, 0) is 49.1 Å². The van der Waals surface area contributed by atoms with Crippen molar-refractivity contribution in [3.05, 3.63) is 84.0 Å². The second-order valence-electron chi connectivity index (χ2n) is 9.67. The van der Waals surface area contributed by atoms with E-state index >= 15 is 0 Å². The molecule has 1 saturated carbocycles. The van der Waals surface area contributed by atoms with E-state index in [0.717, 1.165) is 31.2 Å². The number of nitrogen functional groups attached to an aromatic ring is 1. The fourth-order valence-electron chi connectivity index (χ4n) is 5.28. The van der Waals surface area contributed by atoms with Crippen molar-refractivity contribution >= 4 is 34.8 Å². The Labute approximate surface area is 227 Å². The van der Waals surface area contributed by atoms with E-state index in [0.29, 0.717) is 23.8 Å². The normalized spacial score (nSPS) is 19.8. The van der Waals surface area contributed by atoms with E-state index in [9.17, 15) is 22.8 Å². The van der Waals surface area contributed by atoms with Gasteiger partial charge < -0.3 is 21.3 Å². The van der Waals surface area contributed by atoms with E-state index in [2.05, 4.69) is 32.2 Å². The lowest BCUT2D eigenvalue weighted by Gasteiger charge is -2.33. The van der Waals surface area contributed by atoms with Crippen LogP contribution in [0.4, 0.5) is 30.5 Å². The van der Waals surface area contributed by atoms with Gasteiger partial charge in [-0.1, -0.05) is 18.7 Å². The molecule has 2 aliphatic rings. The molecule has 1 aromatic carbocycles. The van der Waals surface area contributed by atoms with E-state index in [4.69, 9.17) is 11.1 Å². The number of fused-ring (bicyclic) bond motifs is 2. The van der Waals surface area contributed by atoms with Crippen LogP contribution in [0.3, 0.4) is 0 Å². The van der Waals surface area contributed by atoms with Gasteiger partial charge in [0.25, 0.3) is 5.91 Å². The van der Waals surface area contributed by atoms with Gasteiger partial charge in [0.15, 0.2) is 0 Å². The maximum absolute atomic E-state index is 12.8. The number of pyridine rings is 1. The summed E-state index contributed by atoms with van der Waals surface area (Å²) in [4.78, 5) is 38.6. The average molecular weight is 551 g/mol. The molecule has 3 heterocycles. The highest BCUT2D eigenvalue weighted by atomic mass is 19.4. The summed E-state index contributed by atoms with van der Waals surface area (Å²) in [5.41, 5.74) is 5.91. The van der Waals surface area contributed by atoms with E-state index < -0.39 is 17.8 Å². The number of aromatic nitrogens is 3. The third kappa shape index (κ3) is 5.22. The second-order valence-corrected chi connectivity index (χ2v) is 9.67. The van der Waals surface area contributed by atoms with Crippen LogP contribution in [0.2, 0.25) is 0 Å². The first-order valence-electron chi connectivity index (χ1n) is 12.4. The lowest BCUT2D eigenvalue weighted by molar-refractivity contribution is -0.141. The van der Waals surface area contributed by atoms with Crippen LogP contribution < -0.4 is 16.4 Å². The molecule has 206 valence electrons. The Morgan fingerprint density at radius 2 is 1.90 bits per heavy atom. The Kier molecular flexibility index (Phi) is 6.96. The first-order chi connectivity index (χ1) is 19.0. The van der Waals surface area contributed by atoms with Crippen molar-refractivity contribution in [1.82, 2.24) is 19.9 Å². The van der Waals surface area contributed by atoms with E-state index in [1.54, 1.807) is 17.0 Å². The monoisotopic (exact) mass is 550 g/mol.